The summed E-state index contributed by atoms with van der Waals surface area (Å²) in [6.07, 6.45) is 0.324. The Morgan fingerprint density at radius 2 is 1.93 bits per heavy atom. The molecule has 4 rings (SSSR count). The van der Waals surface area contributed by atoms with Crippen molar-refractivity contribution < 1.29 is 14.3 Å². The minimum Gasteiger partial charge on any atom is -0.489 e. The lowest BCUT2D eigenvalue weighted by molar-refractivity contribution is -0.155. The molecule has 0 aliphatic carbocycles. The molecule has 0 amide bonds. The first-order valence-electron chi connectivity index (χ1n) is 10.1. The van der Waals surface area contributed by atoms with Crippen LogP contribution < -0.4 is 10.1 Å². The van der Waals surface area contributed by atoms with E-state index in [4.69, 9.17) is 9.47 Å². The number of carbonyl (C=O) groups excluding carboxylic acids is 1. The van der Waals surface area contributed by atoms with Gasteiger partial charge in [-0.05, 0) is 50.6 Å². The van der Waals surface area contributed by atoms with E-state index in [9.17, 15) is 4.79 Å². The van der Waals surface area contributed by atoms with Crippen molar-refractivity contribution in [2.45, 2.75) is 52.0 Å². The molecule has 1 aromatic heterocycles. The van der Waals surface area contributed by atoms with E-state index in [0.717, 1.165) is 35.5 Å². The standard InChI is InChI=1S/C24H28N2O3/c1-24(2,3)29-23(27)15-20-22-14-18-13-19(28-16-17-7-5-4-6-8-17)9-10-21(18)26(22)12-11-25-20/h4-10,13-14,20,25H,11-12,15-16H2,1-3H3. The van der Waals surface area contributed by atoms with E-state index in [-0.39, 0.29) is 12.0 Å². The molecule has 0 radical (unpaired) electrons. The highest BCUT2D eigenvalue weighted by molar-refractivity contribution is 5.83. The number of hydrogen-bond donors (Lipinski definition) is 1. The fraction of sp³-hybridized carbons (Fsp3) is 0.375. The smallest absolute Gasteiger partial charge is 0.308 e. The lowest BCUT2D eigenvalue weighted by Crippen LogP contribution is -2.35. The second-order valence-corrected chi connectivity index (χ2v) is 8.51. The average molecular weight is 392 g/mol. The Morgan fingerprint density at radius 1 is 1.14 bits per heavy atom. The van der Waals surface area contributed by atoms with Crippen LogP contribution in [-0.2, 0) is 22.7 Å². The maximum absolute atomic E-state index is 12.3. The fourth-order valence-corrected chi connectivity index (χ4v) is 3.82. The molecule has 1 aliphatic heterocycles. The molecule has 0 spiro atoms. The van der Waals surface area contributed by atoms with Gasteiger partial charge in [0.05, 0.1) is 12.5 Å². The van der Waals surface area contributed by atoms with E-state index in [1.807, 2.05) is 45.0 Å². The van der Waals surface area contributed by atoms with Crippen molar-refractivity contribution in [3.8, 4) is 5.75 Å². The molecule has 2 heterocycles. The predicted octanol–water partition coefficient (Wildman–Crippen LogP) is 4.60. The van der Waals surface area contributed by atoms with Crippen LogP contribution in [0.2, 0.25) is 0 Å². The van der Waals surface area contributed by atoms with Gasteiger partial charge in [-0.2, -0.15) is 0 Å². The number of rotatable bonds is 5. The summed E-state index contributed by atoms with van der Waals surface area (Å²) < 4.78 is 13.8. The molecule has 5 nitrogen and oxygen atoms in total. The highest BCUT2D eigenvalue weighted by atomic mass is 16.6. The van der Waals surface area contributed by atoms with Gasteiger partial charge in [0, 0.05) is 29.7 Å². The van der Waals surface area contributed by atoms with Gasteiger partial charge in [-0.25, -0.2) is 0 Å². The van der Waals surface area contributed by atoms with Gasteiger partial charge in [-0.15, -0.1) is 0 Å². The Hall–Kier alpha value is -2.79. The molecule has 2 aromatic carbocycles. The summed E-state index contributed by atoms with van der Waals surface area (Å²) >= 11 is 0. The van der Waals surface area contributed by atoms with Gasteiger partial charge >= 0.3 is 5.97 Å². The zero-order valence-electron chi connectivity index (χ0n) is 17.3. The monoisotopic (exact) mass is 392 g/mol. The van der Waals surface area contributed by atoms with Crippen molar-refractivity contribution in [2.24, 2.45) is 0 Å². The van der Waals surface area contributed by atoms with Crippen LogP contribution in [0.15, 0.2) is 54.6 Å². The van der Waals surface area contributed by atoms with Crippen LogP contribution >= 0.6 is 0 Å². The number of aromatic nitrogens is 1. The summed E-state index contributed by atoms with van der Waals surface area (Å²) in [5, 5.41) is 4.59. The van der Waals surface area contributed by atoms with Crippen molar-refractivity contribution >= 4 is 16.9 Å². The van der Waals surface area contributed by atoms with Crippen LogP contribution in [-0.4, -0.2) is 22.7 Å². The van der Waals surface area contributed by atoms with Gasteiger partial charge in [0.25, 0.3) is 0 Å². The van der Waals surface area contributed by atoms with Crippen molar-refractivity contribution in [1.29, 1.82) is 0 Å². The molecule has 0 saturated carbocycles. The molecule has 1 atom stereocenters. The normalized spacial score (nSPS) is 16.4. The Labute approximate surface area is 171 Å². The number of nitrogens with zero attached hydrogens (tertiary/aromatic N) is 1. The van der Waals surface area contributed by atoms with Crippen LogP contribution in [0, 0.1) is 0 Å². The van der Waals surface area contributed by atoms with E-state index in [1.165, 1.54) is 5.52 Å². The summed E-state index contributed by atoms with van der Waals surface area (Å²) in [7, 11) is 0. The Morgan fingerprint density at radius 3 is 2.69 bits per heavy atom. The SMILES string of the molecule is CC(C)(C)OC(=O)CC1NCCn2c1cc1cc(OCc3ccccc3)ccc12. The summed E-state index contributed by atoms with van der Waals surface area (Å²) in [5.74, 6) is 0.668. The van der Waals surface area contributed by atoms with E-state index in [1.54, 1.807) is 0 Å². The van der Waals surface area contributed by atoms with E-state index in [2.05, 4.69) is 40.2 Å². The quantitative estimate of drug-likeness (QED) is 0.645. The van der Waals surface area contributed by atoms with Crippen molar-refractivity contribution in [1.82, 2.24) is 9.88 Å². The third-order valence-corrected chi connectivity index (χ3v) is 5.03. The number of ether oxygens (including phenoxy) is 2. The molecule has 1 N–H and O–H groups in total. The molecular formula is C24H28N2O3. The zero-order chi connectivity index (χ0) is 20.4. The molecule has 3 aromatic rings. The molecule has 5 heteroatoms. The largest absolute Gasteiger partial charge is 0.489 e. The Balaban J connectivity index is 1.53. The summed E-state index contributed by atoms with van der Waals surface area (Å²) in [5.41, 5.74) is 2.97. The van der Waals surface area contributed by atoms with Crippen LogP contribution in [0.25, 0.3) is 10.9 Å². The minimum absolute atomic E-state index is 0.0420. The lowest BCUT2D eigenvalue weighted by Gasteiger charge is -2.27. The maximum Gasteiger partial charge on any atom is 0.308 e. The highest BCUT2D eigenvalue weighted by Crippen LogP contribution is 2.31. The molecule has 0 bridgehead atoms. The van der Waals surface area contributed by atoms with Crippen LogP contribution in [0.4, 0.5) is 0 Å². The number of esters is 1. The van der Waals surface area contributed by atoms with E-state index >= 15 is 0 Å². The average Bonchev–Trinajstić information content (AvgIpc) is 3.05. The third kappa shape index (κ3) is 4.62. The van der Waals surface area contributed by atoms with Gasteiger partial charge in [0.15, 0.2) is 0 Å². The zero-order valence-corrected chi connectivity index (χ0v) is 17.3. The predicted molar refractivity (Wildman–Crippen MR) is 114 cm³/mol. The minimum atomic E-state index is -0.469. The second kappa shape index (κ2) is 7.91. The molecule has 1 unspecified atom stereocenters. The number of carbonyl (C=O) groups is 1. The van der Waals surface area contributed by atoms with Crippen molar-refractivity contribution in [3.63, 3.8) is 0 Å². The Kier molecular flexibility index (Phi) is 5.33. The first-order valence-corrected chi connectivity index (χ1v) is 10.1. The molecule has 0 saturated heterocycles. The number of fused-ring (bicyclic) bond motifs is 3. The van der Waals surface area contributed by atoms with Gasteiger partial charge in [-0.1, -0.05) is 30.3 Å². The van der Waals surface area contributed by atoms with Gasteiger partial charge in [0.2, 0.25) is 0 Å². The van der Waals surface area contributed by atoms with Gasteiger partial charge in [0.1, 0.15) is 18.0 Å². The van der Waals surface area contributed by atoms with Gasteiger partial charge in [-0.3, -0.25) is 4.79 Å². The van der Waals surface area contributed by atoms with E-state index in [0.29, 0.717) is 13.0 Å². The summed E-state index contributed by atoms with van der Waals surface area (Å²) in [6, 6.07) is 18.5. The Bertz CT molecular complexity index is 1000. The topological polar surface area (TPSA) is 52.5 Å². The number of hydrogen-bond acceptors (Lipinski definition) is 4. The van der Waals surface area contributed by atoms with Gasteiger partial charge < -0.3 is 19.4 Å². The van der Waals surface area contributed by atoms with Crippen LogP contribution in [0.3, 0.4) is 0 Å². The van der Waals surface area contributed by atoms with Crippen LogP contribution in [0.5, 0.6) is 5.75 Å². The maximum atomic E-state index is 12.3. The third-order valence-electron chi connectivity index (χ3n) is 5.03. The molecule has 152 valence electrons. The lowest BCUT2D eigenvalue weighted by atomic mass is 10.1. The molecule has 0 fully saturated rings. The molecule has 29 heavy (non-hydrogen) atoms. The van der Waals surface area contributed by atoms with E-state index < -0.39 is 5.60 Å². The number of nitrogens with one attached hydrogen (secondary N) is 1. The fourth-order valence-electron chi connectivity index (χ4n) is 3.82. The summed E-state index contributed by atoms with van der Waals surface area (Å²) in [6.45, 7) is 7.95. The first-order chi connectivity index (χ1) is 13.9. The van der Waals surface area contributed by atoms with Crippen molar-refractivity contribution in [3.05, 3.63) is 65.9 Å². The summed E-state index contributed by atoms with van der Waals surface area (Å²) in [4.78, 5) is 12.3. The van der Waals surface area contributed by atoms with Crippen molar-refractivity contribution in [2.75, 3.05) is 6.54 Å². The molecule has 1 aliphatic rings. The second-order valence-electron chi connectivity index (χ2n) is 8.51. The highest BCUT2D eigenvalue weighted by Gasteiger charge is 2.27. The number of benzene rings is 2. The molecular weight excluding hydrogens is 364 g/mol. The first kappa shape index (κ1) is 19.5. The van der Waals surface area contributed by atoms with Crippen LogP contribution in [0.1, 0.15) is 44.5 Å².